The Balaban J connectivity index is 2.76. The Kier molecular flexibility index (Phi) is 5.96. The Morgan fingerprint density at radius 2 is 1.67 bits per heavy atom. The fourth-order valence-electron chi connectivity index (χ4n) is 2.52. The van der Waals surface area contributed by atoms with Gasteiger partial charge < -0.3 is 5.11 Å². The molecule has 1 aromatic carbocycles. The van der Waals surface area contributed by atoms with Crippen molar-refractivity contribution in [2.75, 3.05) is 13.2 Å². The maximum atomic E-state index is 12.4. The Hall–Kier alpha value is -0.910. The highest BCUT2D eigenvalue weighted by molar-refractivity contribution is 7.89. The highest BCUT2D eigenvalue weighted by Crippen LogP contribution is 2.23. The lowest BCUT2D eigenvalue weighted by atomic mass is 9.89. The van der Waals surface area contributed by atoms with E-state index in [1.54, 1.807) is 0 Å². The molecule has 0 aliphatic rings. The second-order valence-electron chi connectivity index (χ2n) is 6.55. The van der Waals surface area contributed by atoms with Crippen molar-refractivity contribution in [3.05, 3.63) is 28.8 Å². The van der Waals surface area contributed by atoms with Crippen molar-refractivity contribution in [3.63, 3.8) is 0 Å². The summed E-state index contributed by atoms with van der Waals surface area (Å²) in [5.41, 5.74) is 2.45. The van der Waals surface area contributed by atoms with Crippen molar-refractivity contribution in [1.29, 1.82) is 0 Å². The number of sulfonamides is 1. The number of aliphatic hydroxyl groups excluding tert-OH is 1. The van der Waals surface area contributed by atoms with E-state index >= 15 is 0 Å². The molecule has 120 valence electrons. The Labute approximate surface area is 128 Å². The van der Waals surface area contributed by atoms with Crippen molar-refractivity contribution in [3.8, 4) is 0 Å². The van der Waals surface area contributed by atoms with Crippen LogP contribution in [0.5, 0.6) is 0 Å². The van der Waals surface area contributed by atoms with E-state index in [-0.39, 0.29) is 12.0 Å². The molecule has 21 heavy (non-hydrogen) atoms. The van der Waals surface area contributed by atoms with Crippen LogP contribution in [0.2, 0.25) is 0 Å². The lowest BCUT2D eigenvalue weighted by Crippen LogP contribution is -2.27. The molecule has 2 N–H and O–H groups in total. The van der Waals surface area contributed by atoms with Crippen molar-refractivity contribution in [2.24, 2.45) is 5.41 Å². The fraction of sp³-hybridized carbons (Fsp3) is 0.625. The second-order valence-corrected chi connectivity index (χ2v) is 8.26. The molecule has 1 rings (SSSR count). The van der Waals surface area contributed by atoms with E-state index in [0.29, 0.717) is 17.9 Å². The first kappa shape index (κ1) is 18.1. The number of hydrogen-bond acceptors (Lipinski definition) is 3. The van der Waals surface area contributed by atoms with Crippen molar-refractivity contribution < 1.29 is 13.5 Å². The van der Waals surface area contributed by atoms with Crippen LogP contribution < -0.4 is 4.72 Å². The van der Waals surface area contributed by atoms with Crippen LogP contribution in [0.25, 0.3) is 0 Å². The number of aliphatic hydroxyl groups is 1. The van der Waals surface area contributed by atoms with Gasteiger partial charge in [0.25, 0.3) is 0 Å². The zero-order chi connectivity index (χ0) is 16.3. The van der Waals surface area contributed by atoms with Gasteiger partial charge in [0.2, 0.25) is 10.0 Å². The molecule has 0 bridgehead atoms. The molecule has 0 heterocycles. The number of aryl methyl sites for hydroxylation is 3. The quantitative estimate of drug-likeness (QED) is 0.761. The molecule has 0 aromatic heterocycles. The monoisotopic (exact) mass is 313 g/mol. The molecule has 0 unspecified atom stereocenters. The number of rotatable bonds is 7. The van der Waals surface area contributed by atoms with Crippen LogP contribution in [0.1, 0.15) is 43.4 Å². The smallest absolute Gasteiger partial charge is 0.241 e. The summed E-state index contributed by atoms with van der Waals surface area (Å²) < 4.78 is 27.5. The summed E-state index contributed by atoms with van der Waals surface area (Å²) in [7, 11) is -3.48. The maximum Gasteiger partial charge on any atom is 0.241 e. The van der Waals surface area contributed by atoms with E-state index < -0.39 is 10.0 Å². The van der Waals surface area contributed by atoms with E-state index in [4.69, 9.17) is 0 Å². The summed E-state index contributed by atoms with van der Waals surface area (Å²) in [6, 6.07) is 3.77. The number of hydrogen-bond donors (Lipinski definition) is 2. The predicted octanol–water partition coefficient (Wildman–Crippen LogP) is 2.69. The molecule has 0 spiro atoms. The molecular formula is C16H27NO3S. The minimum atomic E-state index is -3.48. The standard InChI is InChI=1S/C16H27NO3S/c1-12-9-13(2)15(14(3)10-12)21(19,20)17-8-6-7-16(4,5)11-18/h9-10,17-18H,6-8,11H2,1-5H3. The van der Waals surface area contributed by atoms with E-state index in [2.05, 4.69) is 4.72 Å². The van der Waals surface area contributed by atoms with E-state index in [0.717, 1.165) is 23.1 Å². The van der Waals surface area contributed by atoms with E-state index in [1.807, 2.05) is 46.8 Å². The summed E-state index contributed by atoms with van der Waals surface area (Å²) in [5, 5.41) is 9.19. The molecule has 0 fully saturated rings. The summed E-state index contributed by atoms with van der Waals surface area (Å²) in [4.78, 5) is 0.384. The largest absolute Gasteiger partial charge is 0.396 e. The first-order chi connectivity index (χ1) is 9.59. The summed E-state index contributed by atoms with van der Waals surface area (Å²) in [6.45, 7) is 10.0. The molecule has 5 heteroatoms. The average molecular weight is 313 g/mol. The van der Waals surface area contributed by atoms with Gasteiger partial charge in [-0.05, 0) is 50.2 Å². The predicted molar refractivity (Wildman–Crippen MR) is 85.9 cm³/mol. The van der Waals surface area contributed by atoms with Crippen molar-refractivity contribution in [1.82, 2.24) is 4.72 Å². The normalized spacial score (nSPS) is 12.7. The van der Waals surface area contributed by atoms with Crippen LogP contribution in [0.3, 0.4) is 0 Å². The van der Waals surface area contributed by atoms with Crippen LogP contribution in [0.15, 0.2) is 17.0 Å². The van der Waals surface area contributed by atoms with Gasteiger partial charge >= 0.3 is 0 Å². The Bertz CT molecular complexity index is 569. The maximum absolute atomic E-state index is 12.4. The third kappa shape index (κ3) is 5.09. The summed E-state index contributed by atoms with van der Waals surface area (Å²) in [6.07, 6.45) is 1.48. The summed E-state index contributed by atoms with van der Waals surface area (Å²) in [5.74, 6) is 0. The first-order valence-electron chi connectivity index (χ1n) is 7.27. The zero-order valence-corrected chi connectivity index (χ0v) is 14.5. The highest BCUT2D eigenvalue weighted by atomic mass is 32.2. The molecule has 0 saturated heterocycles. The van der Waals surface area contributed by atoms with Gasteiger partial charge in [0.05, 0.1) is 4.90 Å². The average Bonchev–Trinajstić information content (AvgIpc) is 2.33. The van der Waals surface area contributed by atoms with Crippen LogP contribution in [0.4, 0.5) is 0 Å². The van der Waals surface area contributed by atoms with Gasteiger partial charge in [-0.15, -0.1) is 0 Å². The van der Waals surface area contributed by atoms with Gasteiger partial charge in [-0.2, -0.15) is 0 Å². The Morgan fingerprint density at radius 3 is 2.14 bits per heavy atom. The third-order valence-electron chi connectivity index (χ3n) is 3.62. The van der Waals surface area contributed by atoms with E-state index in [1.165, 1.54) is 0 Å². The van der Waals surface area contributed by atoms with Crippen molar-refractivity contribution in [2.45, 2.75) is 52.4 Å². The summed E-state index contributed by atoms with van der Waals surface area (Å²) >= 11 is 0. The van der Waals surface area contributed by atoms with Crippen LogP contribution in [-0.2, 0) is 10.0 Å². The lowest BCUT2D eigenvalue weighted by Gasteiger charge is -2.21. The molecule has 0 aliphatic heterocycles. The molecule has 0 amide bonds. The molecule has 0 aliphatic carbocycles. The Morgan fingerprint density at radius 1 is 1.14 bits per heavy atom. The van der Waals surface area contributed by atoms with E-state index in [9.17, 15) is 13.5 Å². The van der Waals surface area contributed by atoms with Gasteiger partial charge in [0, 0.05) is 13.2 Å². The van der Waals surface area contributed by atoms with Gasteiger partial charge in [0.1, 0.15) is 0 Å². The number of nitrogens with one attached hydrogen (secondary N) is 1. The second kappa shape index (κ2) is 6.90. The fourth-order valence-corrected chi connectivity index (χ4v) is 4.04. The van der Waals surface area contributed by atoms with Gasteiger partial charge in [0.15, 0.2) is 0 Å². The highest BCUT2D eigenvalue weighted by Gasteiger charge is 2.20. The molecule has 0 saturated carbocycles. The molecule has 0 radical (unpaired) electrons. The SMILES string of the molecule is Cc1cc(C)c(S(=O)(=O)NCCCC(C)(C)CO)c(C)c1. The molecule has 1 aromatic rings. The molecule has 4 nitrogen and oxygen atoms in total. The zero-order valence-electron chi connectivity index (χ0n) is 13.7. The van der Waals surface area contributed by atoms with Crippen LogP contribution in [-0.4, -0.2) is 26.7 Å². The van der Waals surface area contributed by atoms with Gasteiger partial charge in [-0.1, -0.05) is 31.5 Å². The third-order valence-corrected chi connectivity index (χ3v) is 5.39. The minimum absolute atomic E-state index is 0.107. The topological polar surface area (TPSA) is 66.4 Å². The van der Waals surface area contributed by atoms with Crippen LogP contribution >= 0.6 is 0 Å². The first-order valence-corrected chi connectivity index (χ1v) is 8.76. The van der Waals surface area contributed by atoms with Crippen LogP contribution in [0, 0.1) is 26.2 Å². The minimum Gasteiger partial charge on any atom is -0.396 e. The number of benzene rings is 1. The lowest BCUT2D eigenvalue weighted by molar-refractivity contribution is 0.148. The van der Waals surface area contributed by atoms with Gasteiger partial charge in [-0.25, -0.2) is 13.1 Å². The van der Waals surface area contributed by atoms with Gasteiger partial charge in [-0.3, -0.25) is 0 Å². The molecule has 0 atom stereocenters. The van der Waals surface area contributed by atoms with Crippen molar-refractivity contribution >= 4 is 10.0 Å². The molecular weight excluding hydrogens is 286 g/mol.